The molecule has 1 fully saturated rings. The minimum Gasteiger partial charge on any atom is -0.481 e. The SMILES string of the molecule is NC(=O)CCCCNC1CCC1C(=O)O. The van der Waals surface area contributed by atoms with Gasteiger partial charge in [0.2, 0.25) is 5.91 Å². The topological polar surface area (TPSA) is 92.4 Å². The number of aliphatic carboxylic acids is 1. The number of hydrogen-bond donors (Lipinski definition) is 3. The van der Waals surface area contributed by atoms with Crippen molar-refractivity contribution in [1.29, 1.82) is 0 Å². The third kappa shape index (κ3) is 3.87. The minimum absolute atomic E-state index is 0.121. The summed E-state index contributed by atoms with van der Waals surface area (Å²) in [4.78, 5) is 21.1. The maximum atomic E-state index is 10.7. The van der Waals surface area contributed by atoms with Gasteiger partial charge in [0.1, 0.15) is 0 Å². The molecule has 86 valence electrons. The lowest BCUT2D eigenvalue weighted by atomic mass is 9.79. The largest absolute Gasteiger partial charge is 0.481 e. The van der Waals surface area contributed by atoms with Gasteiger partial charge in [0.05, 0.1) is 5.92 Å². The zero-order chi connectivity index (χ0) is 11.3. The number of carbonyl (C=O) groups excluding carboxylic acids is 1. The number of nitrogens with two attached hydrogens (primary N) is 1. The van der Waals surface area contributed by atoms with E-state index in [1.165, 1.54) is 0 Å². The highest BCUT2D eigenvalue weighted by Gasteiger charge is 2.35. The Kier molecular flexibility index (Phi) is 4.55. The first kappa shape index (κ1) is 12.0. The van der Waals surface area contributed by atoms with Crippen molar-refractivity contribution in [3.05, 3.63) is 0 Å². The summed E-state index contributed by atoms with van der Waals surface area (Å²) >= 11 is 0. The molecule has 1 saturated carbocycles. The third-order valence-corrected chi connectivity index (χ3v) is 2.85. The maximum Gasteiger partial charge on any atom is 0.308 e. The van der Waals surface area contributed by atoms with Gasteiger partial charge in [-0.15, -0.1) is 0 Å². The van der Waals surface area contributed by atoms with E-state index >= 15 is 0 Å². The molecule has 0 bridgehead atoms. The van der Waals surface area contributed by atoms with Crippen LogP contribution in [0.25, 0.3) is 0 Å². The molecule has 0 saturated heterocycles. The average Bonchev–Trinajstić information content (AvgIpc) is 2.07. The van der Waals surface area contributed by atoms with Crippen LogP contribution in [0.15, 0.2) is 0 Å². The Balaban J connectivity index is 2.01. The first-order valence-electron chi connectivity index (χ1n) is 5.35. The van der Waals surface area contributed by atoms with E-state index in [2.05, 4.69) is 5.32 Å². The fourth-order valence-corrected chi connectivity index (χ4v) is 1.75. The third-order valence-electron chi connectivity index (χ3n) is 2.85. The smallest absolute Gasteiger partial charge is 0.308 e. The number of primary amides is 1. The van der Waals surface area contributed by atoms with Crippen molar-refractivity contribution in [2.45, 2.75) is 38.1 Å². The number of carbonyl (C=O) groups is 2. The zero-order valence-corrected chi connectivity index (χ0v) is 8.74. The van der Waals surface area contributed by atoms with Crippen LogP contribution in [-0.2, 0) is 9.59 Å². The predicted octanol–water partition coefficient (Wildman–Crippen LogP) is 0.0948. The molecule has 4 N–H and O–H groups in total. The molecule has 1 rings (SSSR count). The second-order valence-electron chi connectivity index (χ2n) is 4.01. The summed E-state index contributed by atoms with van der Waals surface area (Å²) in [7, 11) is 0. The highest BCUT2D eigenvalue weighted by molar-refractivity contribution is 5.73. The van der Waals surface area contributed by atoms with Gasteiger partial charge in [0.15, 0.2) is 0 Å². The number of amides is 1. The summed E-state index contributed by atoms with van der Waals surface area (Å²) < 4.78 is 0. The zero-order valence-electron chi connectivity index (χ0n) is 8.74. The number of rotatable bonds is 7. The van der Waals surface area contributed by atoms with Gasteiger partial charge in [-0.3, -0.25) is 9.59 Å². The second-order valence-corrected chi connectivity index (χ2v) is 4.01. The van der Waals surface area contributed by atoms with Crippen molar-refractivity contribution in [3.8, 4) is 0 Å². The van der Waals surface area contributed by atoms with Crippen LogP contribution >= 0.6 is 0 Å². The van der Waals surface area contributed by atoms with Gasteiger partial charge in [-0.05, 0) is 32.2 Å². The summed E-state index contributed by atoms with van der Waals surface area (Å²) in [5.41, 5.74) is 5.00. The molecule has 0 aromatic rings. The van der Waals surface area contributed by atoms with Crippen LogP contribution in [0.1, 0.15) is 32.1 Å². The van der Waals surface area contributed by atoms with E-state index in [4.69, 9.17) is 10.8 Å². The quantitative estimate of drug-likeness (QED) is 0.524. The lowest BCUT2D eigenvalue weighted by molar-refractivity contribution is -0.146. The molecular formula is C10H18N2O3. The van der Waals surface area contributed by atoms with Gasteiger partial charge < -0.3 is 16.2 Å². The monoisotopic (exact) mass is 214 g/mol. The van der Waals surface area contributed by atoms with E-state index in [-0.39, 0.29) is 17.9 Å². The minimum atomic E-state index is -0.712. The van der Waals surface area contributed by atoms with Crippen molar-refractivity contribution in [2.75, 3.05) is 6.54 Å². The standard InChI is InChI=1S/C10H18N2O3/c11-9(13)3-1-2-6-12-8-5-4-7(8)10(14)15/h7-8,12H,1-6H2,(H2,11,13)(H,14,15). The molecule has 2 atom stereocenters. The fourth-order valence-electron chi connectivity index (χ4n) is 1.75. The molecule has 2 unspecified atom stereocenters. The molecular weight excluding hydrogens is 196 g/mol. The number of hydrogen-bond acceptors (Lipinski definition) is 3. The molecule has 0 aliphatic heterocycles. The van der Waals surface area contributed by atoms with Crippen LogP contribution in [0.2, 0.25) is 0 Å². The Bertz CT molecular complexity index is 243. The summed E-state index contributed by atoms with van der Waals surface area (Å²) in [5.74, 6) is -1.21. The predicted molar refractivity (Wildman–Crippen MR) is 55.2 cm³/mol. The molecule has 1 aliphatic rings. The summed E-state index contributed by atoms with van der Waals surface area (Å²) in [6.07, 6.45) is 3.76. The lowest BCUT2D eigenvalue weighted by Crippen LogP contribution is -2.47. The van der Waals surface area contributed by atoms with Gasteiger partial charge >= 0.3 is 5.97 Å². The Morgan fingerprint density at radius 1 is 1.33 bits per heavy atom. The van der Waals surface area contributed by atoms with E-state index in [1.54, 1.807) is 0 Å². The van der Waals surface area contributed by atoms with Crippen molar-refractivity contribution < 1.29 is 14.7 Å². The molecule has 15 heavy (non-hydrogen) atoms. The van der Waals surface area contributed by atoms with E-state index in [9.17, 15) is 9.59 Å². The average molecular weight is 214 g/mol. The van der Waals surface area contributed by atoms with Gasteiger partial charge in [0, 0.05) is 12.5 Å². The van der Waals surface area contributed by atoms with E-state index < -0.39 is 5.97 Å². The Morgan fingerprint density at radius 3 is 2.53 bits per heavy atom. The lowest BCUT2D eigenvalue weighted by Gasteiger charge is -2.34. The molecule has 5 nitrogen and oxygen atoms in total. The fraction of sp³-hybridized carbons (Fsp3) is 0.800. The highest BCUT2D eigenvalue weighted by atomic mass is 16.4. The van der Waals surface area contributed by atoms with Gasteiger partial charge in [-0.25, -0.2) is 0 Å². The van der Waals surface area contributed by atoms with Crippen LogP contribution in [0.3, 0.4) is 0 Å². The Hall–Kier alpha value is -1.10. The molecule has 1 aliphatic carbocycles. The van der Waals surface area contributed by atoms with Gasteiger partial charge in [-0.2, -0.15) is 0 Å². The normalized spacial score (nSPS) is 24.5. The molecule has 5 heteroatoms. The number of carboxylic acid groups (broad SMARTS) is 1. The molecule has 0 aromatic carbocycles. The van der Waals surface area contributed by atoms with Gasteiger partial charge in [-0.1, -0.05) is 0 Å². The van der Waals surface area contributed by atoms with Gasteiger partial charge in [0.25, 0.3) is 0 Å². The Labute approximate surface area is 89.0 Å². The van der Waals surface area contributed by atoms with E-state index in [1.807, 2.05) is 0 Å². The highest BCUT2D eigenvalue weighted by Crippen LogP contribution is 2.27. The second kappa shape index (κ2) is 5.70. The van der Waals surface area contributed by atoms with Crippen LogP contribution in [-0.4, -0.2) is 29.6 Å². The molecule has 0 aromatic heterocycles. The van der Waals surface area contributed by atoms with E-state index in [0.717, 1.165) is 32.2 Å². The summed E-state index contributed by atoms with van der Waals surface area (Å²) in [6, 6.07) is 0.121. The summed E-state index contributed by atoms with van der Waals surface area (Å²) in [6.45, 7) is 0.766. The first-order chi connectivity index (χ1) is 7.11. The number of unbranched alkanes of at least 4 members (excludes halogenated alkanes) is 1. The number of carboxylic acids is 1. The molecule has 0 radical (unpaired) electrons. The van der Waals surface area contributed by atoms with Crippen molar-refractivity contribution >= 4 is 11.9 Å². The first-order valence-corrected chi connectivity index (χ1v) is 5.35. The number of nitrogens with one attached hydrogen (secondary N) is 1. The van der Waals surface area contributed by atoms with Crippen LogP contribution in [0.4, 0.5) is 0 Å². The van der Waals surface area contributed by atoms with Crippen LogP contribution < -0.4 is 11.1 Å². The summed E-state index contributed by atoms with van der Waals surface area (Å²) in [5, 5.41) is 12.0. The molecule has 1 amide bonds. The van der Waals surface area contributed by atoms with Crippen LogP contribution in [0.5, 0.6) is 0 Å². The molecule has 0 heterocycles. The van der Waals surface area contributed by atoms with Crippen LogP contribution in [0, 0.1) is 5.92 Å². The van der Waals surface area contributed by atoms with Crippen molar-refractivity contribution in [2.24, 2.45) is 11.7 Å². The molecule has 0 spiro atoms. The van der Waals surface area contributed by atoms with Crippen molar-refractivity contribution in [1.82, 2.24) is 5.32 Å². The van der Waals surface area contributed by atoms with Crippen molar-refractivity contribution in [3.63, 3.8) is 0 Å². The van der Waals surface area contributed by atoms with E-state index in [0.29, 0.717) is 6.42 Å². The maximum absolute atomic E-state index is 10.7. The Morgan fingerprint density at radius 2 is 2.07 bits per heavy atom.